The Hall–Kier alpha value is -2.51. The minimum Gasteiger partial charge on any atom is -0.334 e. The molecule has 1 fully saturated rings. The van der Waals surface area contributed by atoms with Crippen LogP contribution in [-0.4, -0.2) is 51.2 Å². The molecule has 3 aromatic rings. The molecule has 0 bridgehead atoms. The van der Waals surface area contributed by atoms with Gasteiger partial charge in [-0.3, -0.25) is 4.79 Å². The Kier molecular flexibility index (Phi) is 4.57. The number of thiazole rings is 1. The minimum atomic E-state index is 0.00641. The number of aryl methyl sites for hydroxylation is 1. The number of hydrogen-bond donors (Lipinski definition) is 1. The van der Waals surface area contributed by atoms with E-state index in [0.29, 0.717) is 11.7 Å². The van der Waals surface area contributed by atoms with Gasteiger partial charge in [-0.15, -0.1) is 11.3 Å². The molecular weight excluding hydrogens is 346 g/mol. The molecule has 0 unspecified atom stereocenters. The lowest BCUT2D eigenvalue weighted by Gasteiger charge is -2.31. The molecule has 0 radical (unpaired) electrons. The van der Waals surface area contributed by atoms with Crippen molar-refractivity contribution in [1.29, 1.82) is 0 Å². The van der Waals surface area contributed by atoms with Gasteiger partial charge in [0.1, 0.15) is 10.7 Å². The Morgan fingerprint density at radius 2 is 2.27 bits per heavy atom. The zero-order chi connectivity index (χ0) is 18.1. The summed E-state index contributed by atoms with van der Waals surface area (Å²) in [6.45, 7) is 6.42. The van der Waals surface area contributed by atoms with Crippen LogP contribution in [0.1, 0.15) is 23.0 Å². The lowest BCUT2D eigenvalue weighted by atomic mass is 10.2. The van der Waals surface area contributed by atoms with Gasteiger partial charge in [-0.25, -0.2) is 9.67 Å². The highest BCUT2D eigenvalue weighted by Crippen LogP contribution is 2.25. The van der Waals surface area contributed by atoms with Crippen molar-refractivity contribution in [2.45, 2.75) is 19.9 Å². The predicted molar refractivity (Wildman–Crippen MR) is 103 cm³/mol. The molecule has 3 heterocycles. The molecule has 0 aliphatic carbocycles. The number of nitrogens with zero attached hydrogens (tertiary/aromatic N) is 4. The van der Waals surface area contributed by atoms with Gasteiger partial charge in [0, 0.05) is 42.8 Å². The molecule has 26 heavy (non-hydrogen) atoms. The monoisotopic (exact) mass is 367 g/mol. The molecular formula is C19H21N5OS. The fourth-order valence-electron chi connectivity index (χ4n) is 3.13. The van der Waals surface area contributed by atoms with Crippen LogP contribution in [0.25, 0.3) is 16.3 Å². The van der Waals surface area contributed by atoms with Gasteiger partial charge >= 0.3 is 0 Å². The summed E-state index contributed by atoms with van der Waals surface area (Å²) < 4.78 is 1.84. The van der Waals surface area contributed by atoms with Crippen molar-refractivity contribution in [2.24, 2.45) is 0 Å². The average Bonchev–Trinajstić information content (AvgIpc) is 3.30. The lowest BCUT2D eigenvalue weighted by Crippen LogP contribution is -2.51. The molecule has 1 aliphatic rings. The second-order valence-corrected chi connectivity index (χ2v) is 7.51. The number of piperazine rings is 1. The normalized spacial score (nSPS) is 17.5. The standard InChI is InChI=1S/C19H21N5OS/c1-13-4-3-5-16(8-13)24-11-15(9-21-24)18-22-17(12-26-18)19(25)23-7-6-20-14(2)10-23/h3-5,8-9,11-12,14,20H,6-7,10H2,1-2H3/t14-/m0/s1. The van der Waals surface area contributed by atoms with Crippen LogP contribution >= 0.6 is 11.3 Å². The Balaban J connectivity index is 1.54. The Bertz CT molecular complexity index is 931. The first kappa shape index (κ1) is 16.9. The maximum Gasteiger partial charge on any atom is 0.273 e. The molecule has 134 valence electrons. The number of carbonyl (C=O) groups is 1. The molecule has 4 rings (SSSR count). The van der Waals surface area contributed by atoms with E-state index in [2.05, 4.69) is 41.4 Å². The second kappa shape index (κ2) is 7.01. The van der Waals surface area contributed by atoms with Gasteiger partial charge in [-0.05, 0) is 31.5 Å². The van der Waals surface area contributed by atoms with Crippen molar-refractivity contribution in [3.63, 3.8) is 0 Å². The molecule has 7 heteroatoms. The van der Waals surface area contributed by atoms with Crippen LogP contribution in [0, 0.1) is 6.92 Å². The summed E-state index contributed by atoms with van der Waals surface area (Å²) in [5.41, 5.74) is 3.64. The molecule has 0 spiro atoms. The second-order valence-electron chi connectivity index (χ2n) is 6.66. The Morgan fingerprint density at radius 1 is 1.38 bits per heavy atom. The quantitative estimate of drug-likeness (QED) is 0.773. The van der Waals surface area contributed by atoms with Crippen LogP contribution in [0.15, 0.2) is 42.0 Å². The number of hydrogen-bond acceptors (Lipinski definition) is 5. The molecule has 6 nitrogen and oxygen atoms in total. The highest BCUT2D eigenvalue weighted by atomic mass is 32.1. The summed E-state index contributed by atoms with van der Waals surface area (Å²) in [6.07, 6.45) is 3.75. The van der Waals surface area contributed by atoms with Crippen LogP contribution < -0.4 is 5.32 Å². The fraction of sp³-hybridized carbons (Fsp3) is 0.316. The van der Waals surface area contributed by atoms with Gasteiger partial charge in [-0.1, -0.05) is 12.1 Å². The van der Waals surface area contributed by atoms with Gasteiger partial charge in [0.05, 0.1) is 11.9 Å². The Labute approximate surface area is 156 Å². The third kappa shape index (κ3) is 3.40. The summed E-state index contributed by atoms with van der Waals surface area (Å²) in [6, 6.07) is 8.49. The number of benzene rings is 1. The van der Waals surface area contributed by atoms with Crippen LogP contribution in [-0.2, 0) is 0 Å². The number of rotatable bonds is 3. The largest absolute Gasteiger partial charge is 0.334 e. The lowest BCUT2D eigenvalue weighted by molar-refractivity contribution is 0.0704. The van der Waals surface area contributed by atoms with Crippen LogP contribution in [0.5, 0.6) is 0 Å². The van der Waals surface area contributed by atoms with Crippen LogP contribution in [0.4, 0.5) is 0 Å². The predicted octanol–water partition coefficient (Wildman–Crippen LogP) is 2.74. The first-order valence-electron chi connectivity index (χ1n) is 8.70. The number of nitrogens with one attached hydrogen (secondary N) is 1. The summed E-state index contributed by atoms with van der Waals surface area (Å²) in [4.78, 5) is 19.1. The first-order chi connectivity index (χ1) is 12.6. The van der Waals surface area contributed by atoms with Gasteiger partial charge in [-0.2, -0.15) is 5.10 Å². The van der Waals surface area contributed by atoms with Gasteiger partial charge in [0.15, 0.2) is 0 Å². The highest BCUT2D eigenvalue weighted by Gasteiger charge is 2.23. The fourth-order valence-corrected chi connectivity index (χ4v) is 3.90. The molecule has 1 amide bonds. The van der Waals surface area contributed by atoms with Gasteiger partial charge in [0.25, 0.3) is 5.91 Å². The van der Waals surface area contributed by atoms with Crippen LogP contribution in [0.2, 0.25) is 0 Å². The van der Waals surface area contributed by atoms with E-state index in [1.807, 2.05) is 33.3 Å². The zero-order valence-corrected chi connectivity index (χ0v) is 15.7. The van der Waals surface area contributed by atoms with E-state index in [4.69, 9.17) is 0 Å². The SMILES string of the molecule is Cc1cccc(-n2cc(-c3nc(C(=O)N4CCN[C@@H](C)C4)cs3)cn2)c1. The smallest absolute Gasteiger partial charge is 0.273 e. The minimum absolute atomic E-state index is 0.00641. The average molecular weight is 367 g/mol. The van der Waals surface area contributed by atoms with Crippen molar-refractivity contribution < 1.29 is 4.79 Å². The van der Waals surface area contributed by atoms with E-state index in [1.165, 1.54) is 16.9 Å². The summed E-state index contributed by atoms with van der Waals surface area (Å²) >= 11 is 1.48. The third-order valence-corrected chi connectivity index (χ3v) is 5.37. The van der Waals surface area contributed by atoms with E-state index in [0.717, 1.165) is 35.9 Å². The molecule has 1 atom stereocenters. The van der Waals surface area contributed by atoms with E-state index < -0.39 is 0 Å². The van der Waals surface area contributed by atoms with Crippen molar-refractivity contribution in [3.05, 3.63) is 53.3 Å². The van der Waals surface area contributed by atoms with E-state index in [-0.39, 0.29) is 5.91 Å². The molecule has 1 aliphatic heterocycles. The van der Waals surface area contributed by atoms with E-state index >= 15 is 0 Å². The van der Waals surface area contributed by atoms with Crippen molar-refractivity contribution in [1.82, 2.24) is 25.0 Å². The third-order valence-electron chi connectivity index (χ3n) is 4.48. The maximum absolute atomic E-state index is 12.7. The maximum atomic E-state index is 12.7. The number of amides is 1. The number of carbonyl (C=O) groups excluding carboxylic acids is 1. The van der Waals surface area contributed by atoms with Crippen LogP contribution in [0.3, 0.4) is 0 Å². The molecule has 1 aromatic carbocycles. The molecule has 1 saturated heterocycles. The molecule has 2 aromatic heterocycles. The number of aromatic nitrogens is 3. The van der Waals surface area contributed by atoms with Crippen molar-refractivity contribution in [3.8, 4) is 16.3 Å². The zero-order valence-electron chi connectivity index (χ0n) is 14.8. The van der Waals surface area contributed by atoms with Gasteiger partial charge < -0.3 is 10.2 Å². The van der Waals surface area contributed by atoms with Crippen molar-refractivity contribution >= 4 is 17.2 Å². The molecule has 1 N–H and O–H groups in total. The van der Waals surface area contributed by atoms with Crippen molar-refractivity contribution in [2.75, 3.05) is 19.6 Å². The molecule has 0 saturated carbocycles. The topological polar surface area (TPSA) is 63.1 Å². The van der Waals surface area contributed by atoms with Gasteiger partial charge in [0.2, 0.25) is 0 Å². The van der Waals surface area contributed by atoms with E-state index in [1.54, 1.807) is 6.20 Å². The highest BCUT2D eigenvalue weighted by molar-refractivity contribution is 7.13. The summed E-state index contributed by atoms with van der Waals surface area (Å²) in [5, 5.41) is 10.4. The summed E-state index contributed by atoms with van der Waals surface area (Å²) in [5.74, 6) is 0.00641. The first-order valence-corrected chi connectivity index (χ1v) is 9.58. The summed E-state index contributed by atoms with van der Waals surface area (Å²) in [7, 11) is 0. The van der Waals surface area contributed by atoms with E-state index in [9.17, 15) is 4.79 Å². The Morgan fingerprint density at radius 3 is 3.08 bits per heavy atom.